The number of nitrogens with one attached hydrogen (secondary N) is 1. The third-order valence-electron chi connectivity index (χ3n) is 3.21. The average molecular weight is 239 g/mol. The van der Waals surface area contributed by atoms with Crippen molar-refractivity contribution in [1.29, 1.82) is 0 Å². The Morgan fingerprint density at radius 3 is 2.50 bits per heavy atom. The lowest BCUT2D eigenvalue weighted by Crippen LogP contribution is -2.18. The minimum Gasteiger partial charge on any atom is -0.399 e. The highest BCUT2D eigenvalue weighted by atomic mass is 35.5. The molecule has 1 aliphatic carbocycles. The van der Waals surface area contributed by atoms with E-state index < -0.39 is 0 Å². The topological polar surface area (TPSA) is 38.0 Å². The molecule has 0 amide bonds. The molecule has 2 rings (SSSR count). The summed E-state index contributed by atoms with van der Waals surface area (Å²) in [5, 5.41) is 4.28. The molecule has 2 nitrogen and oxygen atoms in total. The van der Waals surface area contributed by atoms with Crippen LogP contribution in [0.5, 0.6) is 0 Å². The van der Waals surface area contributed by atoms with Crippen LogP contribution in [0.3, 0.4) is 0 Å². The van der Waals surface area contributed by atoms with Gasteiger partial charge in [0, 0.05) is 11.7 Å². The van der Waals surface area contributed by atoms with E-state index in [2.05, 4.69) is 5.32 Å². The summed E-state index contributed by atoms with van der Waals surface area (Å²) in [7, 11) is 0. The van der Waals surface area contributed by atoms with Gasteiger partial charge in [0.15, 0.2) is 0 Å². The van der Waals surface area contributed by atoms with Gasteiger partial charge in [-0.2, -0.15) is 0 Å². The van der Waals surface area contributed by atoms with Gasteiger partial charge in [0.05, 0.1) is 10.7 Å². The Morgan fingerprint density at radius 1 is 1.12 bits per heavy atom. The summed E-state index contributed by atoms with van der Waals surface area (Å²) < 4.78 is 0. The Kier molecular flexibility index (Phi) is 3.94. The van der Waals surface area contributed by atoms with Crippen LogP contribution < -0.4 is 11.1 Å². The number of anilines is 2. The van der Waals surface area contributed by atoms with Crippen molar-refractivity contribution in [3.05, 3.63) is 23.2 Å². The molecule has 0 radical (unpaired) electrons. The molecule has 0 saturated heterocycles. The van der Waals surface area contributed by atoms with E-state index in [9.17, 15) is 0 Å². The monoisotopic (exact) mass is 238 g/mol. The number of rotatable bonds is 2. The summed E-state index contributed by atoms with van der Waals surface area (Å²) in [6.45, 7) is 0. The quantitative estimate of drug-likeness (QED) is 0.603. The van der Waals surface area contributed by atoms with Gasteiger partial charge in [-0.15, -0.1) is 0 Å². The molecule has 0 aliphatic heterocycles. The van der Waals surface area contributed by atoms with E-state index in [0.29, 0.717) is 6.04 Å². The van der Waals surface area contributed by atoms with Gasteiger partial charge in [-0.05, 0) is 31.0 Å². The molecule has 3 N–H and O–H groups in total. The van der Waals surface area contributed by atoms with Crippen molar-refractivity contribution in [2.45, 2.75) is 44.6 Å². The van der Waals surface area contributed by atoms with Crippen LogP contribution >= 0.6 is 11.6 Å². The number of nitrogens with two attached hydrogens (primary N) is 1. The van der Waals surface area contributed by atoms with Crippen LogP contribution in [0, 0.1) is 0 Å². The normalized spacial score (nSPS) is 18.1. The molecule has 1 aromatic rings. The second kappa shape index (κ2) is 5.44. The van der Waals surface area contributed by atoms with Crippen LogP contribution in [0.25, 0.3) is 0 Å². The highest BCUT2D eigenvalue weighted by molar-refractivity contribution is 6.33. The Labute approximate surface area is 102 Å². The Bertz CT molecular complexity index is 344. The van der Waals surface area contributed by atoms with Crippen molar-refractivity contribution < 1.29 is 0 Å². The number of halogens is 1. The van der Waals surface area contributed by atoms with Crippen molar-refractivity contribution in [2.24, 2.45) is 0 Å². The Balaban J connectivity index is 2.04. The SMILES string of the molecule is Nc1ccc(Cl)c(NC2CCCCCC2)c1. The third-order valence-corrected chi connectivity index (χ3v) is 3.53. The molecule has 88 valence electrons. The van der Waals surface area contributed by atoms with Gasteiger partial charge < -0.3 is 11.1 Å². The zero-order valence-electron chi connectivity index (χ0n) is 9.51. The number of hydrogen-bond acceptors (Lipinski definition) is 2. The maximum atomic E-state index is 6.14. The molecule has 3 heteroatoms. The Hall–Kier alpha value is -0.890. The van der Waals surface area contributed by atoms with Crippen LogP contribution in [0.2, 0.25) is 5.02 Å². The summed E-state index contributed by atoms with van der Waals surface area (Å²) in [6, 6.07) is 6.17. The number of benzene rings is 1. The van der Waals surface area contributed by atoms with E-state index >= 15 is 0 Å². The van der Waals surface area contributed by atoms with Gasteiger partial charge in [0.2, 0.25) is 0 Å². The largest absolute Gasteiger partial charge is 0.399 e. The maximum Gasteiger partial charge on any atom is 0.0639 e. The van der Waals surface area contributed by atoms with Crippen LogP contribution in [0.1, 0.15) is 38.5 Å². The minimum absolute atomic E-state index is 0.557. The summed E-state index contributed by atoms with van der Waals surface area (Å²) in [4.78, 5) is 0. The molecule has 0 heterocycles. The molecule has 0 spiro atoms. The fourth-order valence-electron chi connectivity index (χ4n) is 2.30. The van der Waals surface area contributed by atoms with Crippen LogP contribution in [-0.2, 0) is 0 Å². The maximum absolute atomic E-state index is 6.14. The summed E-state index contributed by atoms with van der Waals surface area (Å²) in [6.07, 6.45) is 7.84. The summed E-state index contributed by atoms with van der Waals surface area (Å²) in [5.74, 6) is 0. The fourth-order valence-corrected chi connectivity index (χ4v) is 2.47. The zero-order chi connectivity index (χ0) is 11.4. The second-order valence-corrected chi connectivity index (χ2v) is 4.98. The van der Waals surface area contributed by atoms with Gasteiger partial charge in [-0.25, -0.2) is 0 Å². The van der Waals surface area contributed by atoms with E-state index in [1.54, 1.807) is 0 Å². The number of nitrogen functional groups attached to an aromatic ring is 1. The summed E-state index contributed by atoms with van der Waals surface area (Å²) in [5.41, 5.74) is 7.51. The van der Waals surface area contributed by atoms with Crippen molar-refractivity contribution in [2.75, 3.05) is 11.1 Å². The van der Waals surface area contributed by atoms with Gasteiger partial charge in [0.1, 0.15) is 0 Å². The van der Waals surface area contributed by atoms with Crippen LogP contribution in [0.15, 0.2) is 18.2 Å². The van der Waals surface area contributed by atoms with E-state index in [1.165, 1.54) is 38.5 Å². The molecular weight excluding hydrogens is 220 g/mol. The van der Waals surface area contributed by atoms with Crippen molar-refractivity contribution in [3.63, 3.8) is 0 Å². The molecular formula is C13H19ClN2. The minimum atomic E-state index is 0.557. The van der Waals surface area contributed by atoms with E-state index in [4.69, 9.17) is 17.3 Å². The summed E-state index contributed by atoms with van der Waals surface area (Å²) >= 11 is 6.14. The molecule has 1 fully saturated rings. The Morgan fingerprint density at radius 2 is 1.81 bits per heavy atom. The first-order valence-electron chi connectivity index (χ1n) is 6.07. The lowest BCUT2D eigenvalue weighted by atomic mass is 10.1. The molecule has 1 saturated carbocycles. The third kappa shape index (κ3) is 3.05. The van der Waals surface area contributed by atoms with Crippen molar-refractivity contribution in [3.8, 4) is 0 Å². The highest BCUT2D eigenvalue weighted by Crippen LogP contribution is 2.27. The standard InChI is InChI=1S/C13H19ClN2/c14-12-8-7-10(15)9-13(12)16-11-5-3-1-2-4-6-11/h7-9,11,16H,1-6,15H2. The van der Waals surface area contributed by atoms with Crippen molar-refractivity contribution in [1.82, 2.24) is 0 Å². The zero-order valence-corrected chi connectivity index (χ0v) is 10.3. The van der Waals surface area contributed by atoms with E-state index in [1.807, 2.05) is 18.2 Å². The first kappa shape index (κ1) is 11.6. The smallest absolute Gasteiger partial charge is 0.0639 e. The first-order valence-corrected chi connectivity index (χ1v) is 6.45. The lowest BCUT2D eigenvalue weighted by molar-refractivity contribution is 0.620. The van der Waals surface area contributed by atoms with Crippen LogP contribution in [-0.4, -0.2) is 6.04 Å². The van der Waals surface area contributed by atoms with E-state index in [-0.39, 0.29) is 0 Å². The predicted molar refractivity (Wildman–Crippen MR) is 71.0 cm³/mol. The van der Waals surface area contributed by atoms with Gasteiger partial charge in [0.25, 0.3) is 0 Å². The highest BCUT2D eigenvalue weighted by Gasteiger charge is 2.13. The lowest BCUT2D eigenvalue weighted by Gasteiger charge is -2.18. The number of hydrogen-bond donors (Lipinski definition) is 2. The van der Waals surface area contributed by atoms with Gasteiger partial charge in [-0.1, -0.05) is 37.3 Å². The van der Waals surface area contributed by atoms with Gasteiger partial charge >= 0.3 is 0 Å². The molecule has 0 atom stereocenters. The molecule has 0 bridgehead atoms. The van der Waals surface area contributed by atoms with Gasteiger partial charge in [-0.3, -0.25) is 0 Å². The molecule has 0 unspecified atom stereocenters. The van der Waals surface area contributed by atoms with Crippen molar-refractivity contribution >= 4 is 23.0 Å². The molecule has 1 aromatic carbocycles. The molecule has 16 heavy (non-hydrogen) atoms. The molecule has 1 aliphatic rings. The first-order chi connectivity index (χ1) is 7.75. The fraction of sp³-hybridized carbons (Fsp3) is 0.538. The predicted octanol–water partition coefficient (Wildman–Crippen LogP) is 4.06. The second-order valence-electron chi connectivity index (χ2n) is 4.57. The van der Waals surface area contributed by atoms with Crippen LogP contribution in [0.4, 0.5) is 11.4 Å². The average Bonchev–Trinajstić information content (AvgIpc) is 2.52. The molecule has 0 aromatic heterocycles. The van der Waals surface area contributed by atoms with E-state index in [0.717, 1.165) is 16.4 Å².